The summed E-state index contributed by atoms with van der Waals surface area (Å²) in [5.74, 6) is -0.200. The second-order valence-electron chi connectivity index (χ2n) is 3.23. The molecule has 0 fully saturated rings. The standard InChI is InChI=1S/C10H13N3O5/c1-18-10-5-8(13(16)17)7(4-9(10)15)6-12-11-2-3-14/h4-6,11,14-15H,2-3H2,1H3. The highest BCUT2D eigenvalue weighted by atomic mass is 16.6. The van der Waals surface area contributed by atoms with Gasteiger partial charge in [0.2, 0.25) is 0 Å². The summed E-state index contributed by atoms with van der Waals surface area (Å²) in [6.07, 6.45) is 1.19. The highest BCUT2D eigenvalue weighted by Crippen LogP contribution is 2.32. The van der Waals surface area contributed by atoms with Crippen molar-refractivity contribution in [1.29, 1.82) is 0 Å². The van der Waals surface area contributed by atoms with Gasteiger partial charge in [0.1, 0.15) is 0 Å². The highest BCUT2D eigenvalue weighted by molar-refractivity contribution is 5.86. The molecular formula is C10H13N3O5. The number of aliphatic hydroxyl groups excluding tert-OH is 1. The topological polar surface area (TPSA) is 117 Å². The maximum atomic E-state index is 10.8. The first-order valence-electron chi connectivity index (χ1n) is 5.02. The molecule has 0 aromatic heterocycles. The number of hydrazone groups is 1. The first kappa shape index (κ1) is 13.7. The lowest BCUT2D eigenvalue weighted by Crippen LogP contribution is -2.11. The van der Waals surface area contributed by atoms with Crippen molar-refractivity contribution in [1.82, 2.24) is 5.43 Å². The molecule has 0 heterocycles. The number of aliphatic hydroxyl groups is 1. The first-order chi connectivity index (χ1) is 8.60. The second-order valence-corrected chi connectivity index (χ2v) is 3.23. The molecule has 3 N–H and O–H groups in total. The maximum Gasteiger partial charge on any atom is 0.282 e. The molecule has 1 rings (SSSR count). The lowest BCUT2D eigenvalue weighted by atomic mass is 10.1. The molecular weight excluding hydrogens is 242 g/mol. The van der Waals surface area contributed by atoms with E-state index in [1.165, 1.54) is 19.4 Å². The average Bonchev–Trinajstić information content (AvgIpc) is 2.34. The molecule has 0 aliphatic heterocycles. The van der Waals surface area contributed by atoms with Gasteiger partial charge in [-0.25, -0.2) is 0 Å². The molecule has 1 aromatic carbocycles. The number of phenols is 1. The largest absolute Gasteiger partial charge is 0.504 e. The van der Waals surface area contributed by atoms with Gasteiger partial charge >= 0.3 is 0 Å². The molecule has 8 nitrogen and oxygen atoms in total. The first-order valence-corrected chi connectivity index (χ1v) is 5.02. The Morgan fingerprint density at radius 2 is 2.33 bits per heavy atom. The molecule has 0 spiro atoms. The summed E-state index contributed by atoms with van der Waals surface area (Å²) in [7, 11) is 1.30. The number of hydrogen-bond acceptors (Lipinski definition) is 7. The third-order valence-corrected chi connectivity index (χ3v) is 2.04. The van der Waals surface area contributed by atoms with Crippen LogP contribution >= 0.6 is 0 Å². The van der Waals surface area contributed by atoms with Gasteiger partial charge in [-0.1, -0.05) is 0 Å². The third kappa shape index (κ3) is 3.32. The van der Waals surface area contributed by atoms with E-state index in [9.17, 15) is 15.2 Å². The number of phenolic OH excluding ortho intramolecular Hbond substituents is 1. The van der Waals surface area contributed by atoms with E-state index >= 15 is 0 Å². The van der Waals surface area contributed by atoms with Crippen molar-refractivity contribution >= 4 is 11.9 Å². The molecule has 0 saturated heterocycles. The van der Waals surface area contributed by atoms with Crippen LogP contribution in [-0.2, 0) is 0 Å². The predicted molar refractivity (Wildman–Crippen MR) is 64.0 cm³/mol. The SMILES string of the molecule is COc1cc([N+](=O)[O-])c(C=NNCCO)cc1O. The van der Waals surface area contributed by atoms with Crippen molar-refractivity contribution in [3.8, 4) is 11.5 Å². The number of nitrogens with zero attached hydrogens (tertiary/aromatic N) is 2. The van der Waals surface area contributed by atoms with Crippen molar-refractivity contribution in [3.05, 3.63) is 27.8 Å². The Morgan fingerprint density at radius 1 is 1.61 bits per heavy atom. The Morgan fingerprint density at radius 3 is 2.89 bits per heavy atom. The summed E-state index contributed by atoms with van der Waals surface area (Å²) in [5, 5.41) is 32.6. The Balaban J connectivity index is 3.05. The van der Waals surface area contributed by atoms with Gasteiger partial charge in [-0.05, 0) is 6.07 Å². The fourth-order valence-electron chi connectivity index (χ4n) is 1.23. The van der Waals surface area contributed by atoms with E-state index in [1.807, 2.05) is 0 Å². The number of methoxy groups -OCH3 is 1. The summed E-state index contributed by atoms with van der Waals surface area (Å²) in [5.41, 5.74) is 2.37. The number of hydrogen-bond donors (Lipinski definition) is 3. The highest BCUT2D eigenvalue weighted by Gasteiger charge is 2.17. The molecule has 18 heavy (non-hydrogen) atoms. The van der Waals surface area contributed by atoms with Crippen LogP contribution in [0, 0.1) is 10.1 Å². The zero-order chi connectivity index (χ0) is 13.5. The van der Waals surface area contributed by atoms with E-state index in [0.717, 1.165) is 6.07 Å². The molecule has 0 amide bonds. The Bertz CT molecular complexity index is 461. The van der Waals surface area contributed by atoms with Crippen LogP contribution in [0.25, 0.3) is 0 Å². The van der Waals surface area contributed by atoms with E-state index in [2.05, 4.69) is 10.5 Å². The summed E-state index contributed by atoms with van der Waals surface area (Å²) in [6.45, 7) is 0.125. The predicted octanol–water partition coefficient (Wildman–Crippen LogP) is 0.225. The van der Waals surface area contributed by atoms with Gasteiger partial charge < -0.3 is 20.4 Å². The van der Waals surface area contributed by atoms with Crippen molar-refractivity contribution < 1.29 is 19.9 Å². The van der Waals surface area contributed by atoms with Gasteiger partial charge in [-0.2, -0.15) is 5.10 Å². The van der Waals surface area contributed by atoms with E-state index in [4.69, 9.17) is 9.84 Å². The number of rotatable bonds is 6. The van der Waals surface area contributed by atoms with Crippen LogP contribution < -0.4 is 10.2 Å². The lowest BCUT2D eigenvalue weighted by molar-refractivity contribution is -0.385. The third-order valence-electron chi connectivity index (χ3n) is 2.04. The number of aromatic hydroxyl groups is 1. The van der Waals surface area contributed by atoms with Crippen molar-refractivity contribution in [3.63, 3.8) is 0 Å². The van der Waals surface area contributed by atoms with Crippen molar-refractivity contribution in [2.45, 2.75) is 0 Å². The second kappa shape index (κ2) is 6.40. The molecule has 0 aliphatic rings. The summed E-state index contributed by atoms with van der Waals surface area (Å²) >= 11 is 0. The molecule has 98 valence electrons. The molecule has 0 bridgehead atoms. The van der Waals surface area contributed by atoms with E-state index in [0.29, 0.717) is 0 Å². The zero-order valence-electron chi connectivity index (χ0n) is 9.66. The Kier molecular flexibility index (Phi) is 4.88. The minimum Gasteiger partial charge on any atom is -0.504 e. The van der Waals surface area contributed by atoms with Crippen LogP contribution in [-0.4, -0.2) is 41.6 Å². The van der Waals surface area contributed by atoms with Gasteiger partial charge in [-0.15, -0.1) is 0 Å². The van der Waals surface area contributed by atoms with Crippen LogP contribution in [0.3, 0.4) is 0 Å². The van der Waals surface area contributed by atoms with Gasteiger partial charge in [-0.3, -0.25) is 10.1 Å². The smallest absolute Gasteiger partial charge is 0.282 e. The molecule has 8 heteroatoms. The molecule has 0 aliphatic carbocycles. The number of nitro groups is 1. The van der Waals surface area contributed by atoms with Crippen LogP contribution in [0.4, 0.5) is 5.69 Å². The quantitative estimate of drug-likeness (QED) is 0.290. The fraction of sp³-hybridized carbons (Fsp3) is 0.300. The number of benzene rings is 1. The summed E-state index contributed by atoms with van der Waals surface area (Å²) < 4.78 is 4.79. The molecule has 1 aromatic rings. The minimum atomic E-state index is -0.602. The van der Waals surface area contributed by atoms with Crippen LogP contribution in [0.15, 0.2) is 17.2 Å². The van der Waals surface area contributed by atoms with E-state index in [-0.39, 0.29) is 35.9 Å². The van der Waals surface area contributed by atoms with Gasteiger partial charge in [0, 0.05) is 0 Å². The Hall–Kier alpha value is -2.35. The van der Waals surface area contributed by atoms with Crippen LogP contribution in [0.2, 0.25) is 0 Å². The number of ether oxygens (including phenoxy) is 1. The zero-order valence-corrected chi connectivity index (χ0v) is 9.66. The van der Waals surface area contributed by atoms with Crippen molar-refractivity contribution in [2.24, 2.45) is 5.10 Å². The maximum absolute atomic E-state index is 10.8. The summed E-state index contributed by atoms with van der Waals surface area (Å²) in [6, 6.07) is 2.30. The average molecular weight is 255 g/mol. The summed E-state index contributed by atoms with van der Waals surface area (Å²) in [4.78, 5) is 10.2. The monoisotopic (exact) mass is 255 g/mol. The lowest BCUT2D eigenvalue weighted by Gasteiger charge is -2.04. The molecule has 0 radical (unpaired) electrons. The normalized spacial score (nSPS) is 10.6. The van der Waals surface area contributed by atoms with E-state index < -0.39 is 4.92 Å². The molecule has 0 saturated carbocycles. The van der Waals surface area contributed by atoms with Crippen LogP contribution in [0.1, 0.15) is 5.56 Å². The number of nitro benzene ring substituents is 1. The van der Waals surface area contributed by atoms with Crippen LogP contribution in [0.5, 0.6) is 11.5 Å². The van der Waals surface area contributed by atoms with Crippen molar-refractivity contribution in [2.75, 3.05) is 20.3 Å². The molecule has 0 atom stereocenters. The minimum absolute atomic E-state index is 0.0159. The van der Waals surface area contributed by atoms with Gasteiger partial charge in [0.15, 0.2) is 11.5 Å². The molecule has 0 unspecified atom stereocenters. The van der Waals surface area contributed by atoms with E-state index in [1.54, 1.807) is 0 Å². The van der Waals surface area contributed by atoms with Gasteiger partial charge in [0.05, 0.1) is 43.0 Å². The fourth-order valence-corrected chi connectivity index (χ4v) is 1.23. The number of nitrogens with one attached hydrogen (secondary N) is 1. The van der Waals surface area contributed by atoms with Gasteiger partial charge in [0.25, 0.3) is 5.69 Å². The Labute approximate surface area is 103 Å².